The molecule has 0 bridgehead atoms. The first kappa shape index (κ1) is 15.9. The minimum Gasteiger partial charge on any atom is -0.508 e. The van der Waals surface area contributed by atoms with Crippen LogP contribution in [0.3, 0.4) is 0 Å². The fraction of sp³-hybridized carbons (Fsp3) is 0.294. The Morgan fingerprint density at radius 3 is 1.90 bits per heavy atom. The molecule has 0 saturated heterocycles. The van der Waals surface area contributed by atoms with E-state index in [0.29, 0.717) is 17.2 Å². The topological polar surface area (TPSA) is 66.5 Å². The molecular formula is C17H23NO2. The predicted molar refractivity (Wildman–Crippen MR) is 84.1 cm³/mol. The largest absolute Gasteiger partial charge is 0.508 e. The Morgan fingerprint density at radius 2 is 1.50 bits per heavy atom. The molecule has 0 aliphatic carbocycles. The van der Waals surface area contributed by atoms with Crippen LogP contribution < -0.4 is 5.73 Å². The molecule has 0 aliphatic rings. The number of hydrogen-bond acceptors (Lipinski definition) is 3. The third-order valence-corrected chi connectivity index (χ3v) is 2.89. The third-order valence-electron chi connectivity index (χ3n) is 2.89. The molecule has 3 nitrogen and oxygen atoms in total. The van der Waals surface area contributed by atoms with Crippen LogP contribution in [0.4, 0.5) is 5.69 Å². The molecule has 0 atom stereocenters. The fourth-order valence-corrected chi connectivity index (χ4v) is 1.81. The fourth-order valence-electron chi connectivity index (χ4n) is 1.81. The summed E-state index contributed by atoms with van der Waals surface area (Å²) in [6.07, 6.45) is 0. The first-order chi connectivity index (χ1) is 9.21. The van der Waals surface area contributed by atoms with E-state index in [9.17, 15) is 5.11 Å². The number of nitrogens with two attached hydrogens (primary N) is 1. The molecule has 0 unspecified atom stereocenters. The van der Waals surface area contributed by atoms with Crippen LogP contribution in [-0.2, 0) is 5.41 Å². The minimum absolute atomic E-state index is 0.0653. The number of anilines is 1. The highest BCUT2D eigenvalue weighted by atomic mass is 16.3. The van der Waals surface area contributed by atoms with E-state index in [1.807, 2.05) is 19.1 Å². The lowest BCUT2D eigenvalue weighted by atomic mass is 9.85. The van der Waals surface area contributed by atoms with Crippen LogP contribution in [0.15, 0.2) is 42.5 Å². The van der Waals surface area contributed by atoms with Crippen molar-refractivity contribution in [3.8, 4) is 11.5 Å². The van der Waals surface area contributed by atoms with Crippen LogP contribution in [0.25, 0.3) is 0 Å². The van der Waals surface area contributed by atoms with Gasteiger partial charge < -0.3 is 15.9 Å². The summed E-state index contributed by atoms with van der Waals surface area (Å²) in [5, 5.41) is 18.4. The maximum atomic E-state index is 9.80. The average Bonchev–Trinajstić information content (AvgIpc) is 2.34. The maximum absolute atomic E-state index is 9.80. The molecule has 0 spiro atoms. The number of benzene rings is 2. The molecule has 108 valence electrons. The highest BCUT2D eigenvalue weighted by Crippen LogP contribution is 2.34. The van der Waals surface area contributed by atoms with Gasteiger partial charge >= 0.3 is 0 Å². The Balaban J connectivity index is 0.000000240. The molecule has 0 aromatic heterocycles. The molecule has 0 amide bonds. The molecule has 20 heavy (non-hydrogen) atoms. The second kappa shape index (κ2) is 6.33. The summed E-state index contributed by atoms with van der Waals surface area (Å²) in [4.78, 5) is 0. The van der Waals surface area contributed by atoms with Gasteiger partial charge in [0.15, 0.2) is 0 Å². The van der Waals surface area contributed by atoms with Gasteiger partial charge in [-0.25, -0.2) is 0 Å². The quantitative estimate of drug-likeness (QED) is 0.502. The zero-order chi connectivity index (χ0) is 15.3. The SMILES string of the molecule is Cc1cc(N)cc(C(C)(C)C)c1O.Oc1ccccc1. The van der Waals surface area contributed by atoms with Gasteiger partial charge in [-0.05, 0) is 42.2 Å². The Bertz CT molecular complexity index is 557. The summed E-state index contributed by atoms with van der Waals surface area (Å²) >= 11 is 0. The van der Waals surface area contributed by atoms with E-state index in [0.717, 1.165) is 11.1 Å². The van der Waals surface area contributed by atoms with Crippen molar-refractivity contribution in [3.63, 3.8) is 0 Å². The van der Waals surface area contributed by atoms with Gasteiger partial charge in [0.1, 0.15) is 11.5 Å². The summed E-state index contributed by atoms with van der Waals surface area (Å²) < 4.78 is 0. The van der Waals surface area contributed by atoms with E-state index in [1.165, 1.54) is 0 Å². The summed E-state index contributed by atoms with van der Waals surface area (Å²) in [6.45, 7) is 8.03. The lowest BCUT2D eigenvalue weighted by Gasteiger charge is -2.21. The van der Waals surface area contributed by atoms with Crippen LogP contribution in [0.2, 0.25) is 0 Å². The number of hydrogen-bond donors (Lipinski definition) is 3. The van der Waals surface area contributed by atoms with Gasteiger partial charge in [0.2, 0.25) is 0 Å². The van der Waals surface area contributed by atoms with Gasteiger partial charge in [-0.3, -0.25) is 0 Å². The number of rotatable bonds is 0. The van der Waals surface area contributed by atoms with Crippen LogP contribution in [-0.4, -0.2) is 10.2 Å². The zero-order valence-electron chi connectivity index (χ0n) is 12.5. The van der Waals surface area contributed by atoms with E-state index < -0.39 is 0 Å². The second-order valence-electron chi connectivity index (χ2n) is 5.82. The second-order valence-corrected chi connectivity index (χ2v) is 5.82. The number of para-hydroxylation sites is 1. The third kappa shape index (κ3) is 4.50. The Kier molecular flexibility index (Phi) is 5.03. The summed E-state index contributed by atoms with van der Waals surface area (Å²) in [6, 6.07) is 12.3. The van der Waals surface area contributed by atoms with Crippen LogP contribution >= 0.6 is 0 Å². The summed E-state index contributed by atoms with van der Waals surface area (Å²) in [5.74, 6) is 0.684. The smallest absolute Gasteiger partial charge is 0.122 e. The highest BCUT2D eigenvalue weighted by Gasteiger charge is 2.19. The van der Waals surface area contributed by atoms with Gasteiger partial charge in [-0.15, -0.1) is 0 Å². The Labute approximate surface area is 120 Å². The van der Waals surface area contributed by atoms with Crippen molar-refractivity contribution in [3.05, 3.63) is 53.6 Å². The van der Waals surface area contributed by atoms with Crippen molar-refractivity contribution in [1.82, 2.24) is 0 Å². The molecule has 2 aromatic rings. The minimum atomic E-state index is -0.0653. The number of aromatic hydroxyl groups is 2. The van der Waals surface area contributed by atoms with Crippen LogP contribution in [0.1, 0.15) is 31.9 Å². The molecule has 0 radical (unpaired) electrons. The molecular weight excluding hydrogens is 250 g/mol. The molecule has 0 fully saturated rings. The molecule has 4 N–H and O–H groups in total. The molecule has 2 rings (SSSR count). The Morgan fingerprint density at radius 1 is 0.950 bits per heavy atom. The van der Waals surface area contributed by atoms with Gasteiger partial charge in [0.05, 0.1) is 0 Å². The molecule has 0 heterocycles. The van der Waals surface area contributed by atoms with E-state index in [-0.39, 0.29) is 5.41 Å². The number of phenolic OH excluding ortho intramolecular Hbond substituents is 2. The monoisotopic (exact) mass is 273 g/mol. The average molecular weight is 273 g/mol. The van der Waals surface area contributed by atoms with Gasteiger partial charge in [-0.1, -0.05) is 39.0 Å². The van der Waals surface area contributed by atoms with Crippen molar-refractivity contribution in [1.29, 1.82) is 0 Å². The van der Waals surface area contributed by atoms with Crippen molar-refractivity contribution in [2.75, 3.05) is 5.73 Å². The van der Waals surface area contributed by atoms with Gasteiger partial charge in [-0.2, -0.15) is 0 Å². The molecule has 2 aromatic carbocycles. The standard InChI is InChI=1S/C11H17NO.C6H6O/c1-7-5-8(12)6-9(10(7)13)11(2,3)4;7-6-4-2-1-3-5-6/h5-6,13H,12H2,1-4H3;1-5,7H. The number of nitrogen functional groups attached to an aromatic ring is 1. The molecule has 0 saturated carbocycles. The number of aryl methyl sites for hydroxylation is 1. The van der Waals surface area contributed by atoms with Crippen LogP contribution in [0, 0.1) is 6.92 Å². The van der Waals surface area contributed by atoms with E-state index in [1.54, 1.807) is 30.3 Å². The lowest BCUT2D eigenvalue weighted by molar-refractivity contribution is 0.443. The number of phenols is 2. The van der Waals surface area contributed by atoms with Crippen LogP contribution in [0.5, 0.6) is 11.5 Å². The van der Waals surface area contributed by atoms with Crippen molar-refractivity contribution < 1.29 is 10.2 Å². The lowest BCUT2D eigenvalue weighted by Crippen LogP contribution is -2.12. The van der Waals surface area contributed by atoms with E-state index in [2.05, 4.69) is 20.8 Å². The van der Waals surface area contributed by atoms with E-state index in [4.69, 9.17) is 10.8 Å². The van der Waals surface area contributed by atoms with Crippen molar-refractivity contribution >= 4 is 5.69 Å². The highest BCUT2D eigenvalue weighted by molar-refractivity contribution is 5.54. The predicted octanol–water partition coefficient (Wildman–Crippen LogP) is 3.97. The van der Waals surface area contributed by atoms with Gasteiger partial charge in [0, 0.05) is 11.3 Å². The Hall–Kier alpha value is -2.16. The first-order valence-corrected chi connectivity index (χ1v) is 6.55. The van der Waals surface area contributed by atoms with E-state index >= 15 is 0 Å². The molecule has 0 aliphatic heterocycles. The zero-order valence-corrected chi connectivity index (χ0v) is 12.5. The van der Waals surface area contributed by atoms with Crippen molar-refractivity contribution in [2.24, 2.45) is 0 Å². The first-order valence-electron chi connectivity index (χ1n) is 6.55. The molecule has 3 heteroatoms. The maximum Gasteiger partial charge on any atom is 0.122 e. The summed E-state index contributed by atoms with van der Waals surface area (Å²) in [7, 11) is 0. The normalized spacial score (nSPS) is 10.6. The van der Waals surface area contributed by atoms with Gasteiger partial charge in [0.25, 0.3) is 0 Å². The summed E-state index contributed by atoms with van der Waals surface area (Å²) in [5.41, 5.74) is 8.10. The van der Waals surface area contributed by atoms with Crippen molar-refractivity contribution in [2.45, 2.75) is 33.1 Å².